The van der Waals surface area contributed by atoms with E-state index in [1.807, 2.05) is 67.6 Å². The molecule has 0 spiro atoms. The van der Waals surface area contributed by atoms with Gasteiger partial charge in [-0.25, -0.2) is 4.99 Å². The van der Waals surface area contributed by atoms with E-state index < -0.39 is 0 Å². The van der Waals surface area contributed by atoms with Crippen molar-refractivity contribution in [1.29, 1.82) is 0 Å². The minimum Gasteiger partial charge on any atom is -0.489 e. The van der Waals surface area contributed by atoms with E-state index in [0.717, 1.165) is 22.6 Å². The van der Waals surface area contributed by atoms with Gasteiger partial charge in [-0.05, 0) is 72.3 Å². The molecule has 0 aromatic heterocycles. The van der Waals surface area contributed by atoms with Crippen molar-refractivity contribution in [3.8, 4) is 5.75 Å². The van der Waals surface area contributed by atoms with Crippen LogP contribution in [-0.4, -0.2) is 23.0 Å². The molecule has 4 nitrogen and oxygen atoms in total. The second kappa shape index (κ2) is 9.82. The van der Waals surface area contributed by atoms with Crippen molar-refractivity contribution in [2.24, 2.45) is 4.99 Å². The topological polar surface area (TPSA) is 41.9 Å². The maximum atomic E-state index is 12.7. The molecule has 0 radical (unpaired) electrons. The molecule has 1 aliphatic rings. The molecule has 1 heterocycles. The Morgan fingerprint density at radius 1 is 1.00 bits per heavy atom. The first kappa shape index (κ1) is 22.5. The van der Waals surface area contributed by atoms with E-state index in [4.69, 9.17) is 27.9 Å². The summed E-state index contributed by atoms with van der Waals surface area (Å²) in [6, 6.07) is 20.9. The number of halogens is 2. The number of rotatable bonds is 5. The average molecular weight is 483 g/mol. The number of likely N-dealkylation sites (N-methyl/N-ethyl adjacent to an activating group) is 1. The van der Waals surface area contributed by atoms with Crippen molar-refractivity contribution in [3.63, 3.8) is 0 Å². The molecular formula is C25H20Cl2N2O2S. The van der Waals surface area contributed by atoms with E-state index in [1.165, 1.54) is 17.3 Å². The monoisotopic (exact) mass is 482 g/mol. The smallest absolute Gasteiger partial charge is 0.266 e. The molecule has 3 aromatic rings. The van der Waals surface area contributed by atoms with Crippen LogP contribution >= 0.6 is 35.0 Å². The van der Waals surface area contributed by atoms with Crippen LogP contribution in [-0.2, 0) is 11.4 Å². The van der Waals surface area contributed by atoms with Crippen LogP contribution in [0.3, 0.4) is 0 Å². The summed E-state index contributed by atoms with van der Waals surface area (Å²) >= 11 is 13.4. The van der Waals surface area contributed by atoms with Crippen LogP contribution in [0.2, 0.25) is 10.0 Å². The van der Waals surface area contributed by atoms with Crippen molar-refractivity contribution in [2.45, 2.75) is 13.5 Å². The van der Waals surface area contributed by atoms with Crippen LogP contribution in [0.5, 0.6) is 5.75 Å². The summed E-state index contributed by atoms with van der Waals surface area (Å²) < 4.78 is 5.82. The highest BCUT2D eigenvalue weighted by Gasteiger charge is 2.30. The van der Waals surface area contributed by atoms with Gasteiger partial charge in [-0.2, -0.15) is 0 Å². The summed E-state index contributed by atoms with van der Waals surface area (Å²) in [4.78, 5) is 19.5. The van der Waals surface area contributed by atoms with Crippen molar-refractivity contribution < 1.29 is 9.53 Å². The fourth-order valence-electron chi connectivity index (χ4n) is 2.99. The van der Waals surface area contributed by atoms with E-state index in [9.17, 15) is 4.79 Å². The number of aliphatic imine (C=N–C) groups is 1. The third kappa shape index (κ3) is 5.36. The zero-order valence-electron chi connectivity index (χ0n) is 17.5. The molecule has 3 aromatic carbocycles. The molecule has 1 saturated heterocycles. The number of hydrogen-bond donors (Lipinski definition) is 0. The largest absolute Gasteiger partial charge is 0.489 e. The van der Waals surface area contributed by atoms with Gasteiger partial charge in [0.25, 0.3) is 5.91 Å². The number of carbonyl (C=O) groups is 1. The highest BCUT2D eigenvalue weighted by atomic mass is 35.5. The number of nitrogens with zero attached hydrogens (tertiary/aromatic N) is 2. The van der Waals surface area contributed by atoms with Gasteiger partial charge in [-0.15, -0.1) is 0 Å². The maximum Gasteiger partial charge on any atom is 0.266 e. The Kier molecular flexibility index (Phi) is 6.89. The Labute approximate surface area is 201 Å². The number of benzene rings is 3. The molecule has 0 bridgehead atoms. The Balaban J connectivity index is 1.43. The molecule has 0 N–H and O–H groups in total. The second-order valence-corrected chi connectivity index (χ2v) is 9.13. The van der Waals surface area contributed by atoms with Gasteiger partial charge in [-0.1, -0.05) is 59.1 Å². The normalized spacial score (nSPS) is 16.2. The molecule has 0 atom stereocenters. The number of carbonyl (C=O) groups excluding carboxylic acids is 1. The SMILES string of the molecule is Cc1ccc(N=C2S/C(=C/c3ccc(OCc4ccc(Cl)c(Cl)c4)cc3)C(=O)N2C)cc1. The number of aryl methyl sites for hydroxylation is 1. The summed E-state index contributed by atoms with van der Waals surface area (Å²) in [5.41, 5.74) is 3.83. The number of thioether (sulfide) groups is 1. The minimum absolute atomic E-state index is 0.0687. The molecule has 4 rings (SSSR count). The fourth-order valence-corrected chi connectivity index (χ4v) is 4.30. The quantitative estimate of drug-likeness (QED) is 0.363. The average Bonchev–Trinajstić information content (AvgIpc) is 3.05. The predicted octanol–water partition coefficient (Wildman–Crippen LogP) is 7.11. The zero-order chi connectivity index (χ0) is 22.7. The van der Waals surface area contributed by atoms with Crippen LogP contribution in [0.15, 0.2) is 76.6 Å². The zero-order valence-corrected chi connectivity index (χ0v) is 19.8. The van der Waals surface area contributed by atoms with E-state index in [0.29, 0.717) is 26.7 Å². The van der Waals surface area contributed by atoms with Crippen LogP contribution < -0.4 is 4.74 Å². The number of ether oxygens (including phenoxy) is 1. The standard InChI is InChI=1S/C25H20Cl2N2O2S/c1-16-3-8-19(9-4-16)28-25-29(2)24(30)23(32-25)14-17-5-10-20(11-6-17)31-15-18-7-12-21(26)22(27)13-18/h3-14H,15H2,1-2H3/b23-14+,28-25?. The highest BCUT2D eigenvalue weighted by Crippen LogP contribution is 2.33. The number of amides is 1. The Bertz CT molecular complexity index is 1210. The molecule has 1 aliphatic heterocycles. The summed E-state index contributed by atoms with van der Waals surface area (Å²) in [7, 11) is 1.74. The Morgan fingerprint density at radius 3 is 2.41 bits per heavy atom. The van der Waals surface area contributed by atoms with Crippen LogP contribution in [0, 0.1) is 6.92 Å². The number of hydrogen-bond acceptors (Lipinski definition) is 4. The second-order valence-electron chi connectivity index (χ2n) is 7.31. The minimum atomic E-state index is -0.0687. The van der Waals surface area contributed by atoms with Gasteiger partial charge in [0.15, 0.2) is 5.17 Å². The lowest BCUT2D eigenvalue weighted by atomic mass is 10.2. The van der Waals surface area contributed by atoms with Gasteiger partial charge in [0.2, 0.25) is 0 Å². The molecule has 32 heavy (non-hydrogen) atoms. The van der Waals surface area contributed by atoms with Gasteiger partial charge in [0.05, 0.1) is 20.6 Å². The van der Waals surface area contributed by atoms with Gasteiger partial charge in [0.1, 0.15) is 12.4 Å². The first-order chi connectivity index (χ1) is 15.4. The van der Waals surface area contributed by atoms with Gasteiger partial charge < -0.3 is 4.74 Å². The lowest BCUT2D eigenvalue weighted by Gasteiger charge is -2.08. The predicted molar refractivity (Wildman–Crippen MR) is 134 cm³/mol. The molecule has 0 aliphatic carbocycles. The summed E-state index contributed by atoms with van der Waals surface area (Å²) in [6.07, 6.45) is 1.86. The lowest BCUT2D eigenvalue weighted by molar-refractivity contribution is -0.121. The molecule has 7 heteroatoms. The summed E-state index contributed by atoms with van der Waals surface area (Å²) in [5, 5.41) is 1.68. The van der Waals surface area contributed by atoms with Crippen LogP contribution in [0.1, 0.15) is 16.7 Å². The van der Waals surface area contributed by atoms with E-state index in [-0.39, 0.29) is 5.91 Å². The molecule has 1 amide bonds. The third-order valence-electron chi connectivity index (χ3n) is 4.83. The maximum absolute atomic E-state index is 12.7. The summed E-state index contributed by atoms with van der Waals surface area (Å²) in [6.45, 7) is 2.41. The van der Waals surface area contributed by atoms with Gasteiger partial charge in [-0.3, -0.25) is 9.69 Å². The Hall–Kier alpha value is -2.73. The fraction of sp³-hybridized carbons (Fsp3) is 0.120. The van der Waals surface area contributed by atoms with Crippen molar-refractivity contribution >= 4 is 57.8 Å². The molecule has 1 fully saturated rings. The summed E-state index contributed by atoms with van der Waals surface area (Å²) in [5.74, 6) is 0.656. The van der Waals surface area contributed by atoms with Crippen LogP contribution in [0.25, 0.3) is 6.08 Å². The van der Waals surface area contributed by atoms with Crippen molar-refractivity contribution in [2.75, 3.05) is 7.05 Å². The lowest BCUT2D eigenvalue weighted by Crippen LogP contribution is -2.23. The first-order valence-corrected chi connectivity index (χ1v) is 11.5. The van der Waals surface area contributed by atoms with Crippen molar-refractivity contribution in [1.82, 2.24) is 4.90 Å². The Morgan fingerprint density at radius 2 is 1.72 bits per heavy atom. The van der Waals surface area contributed by atoms with E-state index in [2.05, 4.69) is 4.99 Å². The van der Waals surface area contributed by atoms with Crippen LogP contribution in [0.4, 0.5) is 5.69 Å². The van der Waals surface area contributed by atoms with E-state index in [1.54, 1.807) is 24.1 Å². The van der Waals surface area contributed by atoms with Gasteiger partial charge >= 0.3 is 0 Å². The highest BCUT2D eigenvalue weighted by molar-refractivity contribution is 8.18. The molecular weight excluding hydrogens is 463 g/mol. The molecule has 0 saturated carbocycles. The van der Waals surface area contributed by atoms with Crippen molar-refractivity contribution in [3.05, 3.63) is 98.4 Å². The number of amidine groups is 1. The van der Waals surface area contributed by atoms with E-state index >= 15 is 0 Å². The molecule has 162 valence electrons. The third-order valence-corrected chi connectivity index (χ3v) is 6.63. The first-order valence-electron chi connectivity index (χ1n) is 9.89. The van der Waals surface area contributed by atoms with Gasteiger partial charge in [0, 0.05) is 7.05 Å². The molecule has 0 unspecified atom stereocenters.